The number of rotatable bonds is 6. The van der Waals surface area contributed by atoms with E-state index in [2.05, 4.69) is 25.8 Å². The fourth-order valence-electron chi connectivity index (χ4n) is 1.66. The van der Waals surface area contributed by atoms with E-state index in [1.165, 1.54) is 10.9 Å². The molecule has 0 aromatic carbocycles. The second-order valence-corrected chi connectivity index (χ2v) is 8.37. The third-order valence-corrected chi connectivity index (χ3v) is 5.82. The number of aromatic nitrogens is 2. The van der Waals surface area contributed by atoms with Gasteiger partial charge in [0, 0.05) is 24.2 Å². The fourth-order valence-corrected chi connectivity index (χ4v) is 4.25. The highest BCUT2D eigenvalue weighted by Gasteiger charge is 2.20. The lowest BCUT2D eigenvalue weighted by Crippen LogP contribution is -2.26. The van der Waals surface area contributed by atoms with Crippen molar-refractivity contribution < 1.29 is 8.42 Å². The van der Waals surface area contributed by atoms with Gasteiger partial charge in [0.2, 0.25) is 10.0 Å². The molecule has 2 heterocycles. The summed E-state index contributed by atoms with van der Waals surface area (Å²) >= 11 is 4.96. The summed E-state index contributed by atoms with van der Waals surface area (Å²) in [7, 11) is -3.61. The van der Waals surface area contributed by atoms with Crippen LogP contribution in [0, 0.1) is 0 Å². The lowest BCUT2D eigenvalue weighted by atomic mass is 10.3. The summed E-state index contributed by atoms with van der Waals surface area (Å²) in [5.74, 6) is 0.0261. The predicted octanol–water partition coefficient (Wildman–Crippen LogP) is 1.83. The first-order chi connectivity index (χ1) is 9.42. The van der Waals surface area contributed by atoms with E-state index in [9.17, 15) is 8.42 Å². The second-order valence-electron chi connectivity index (χ2n) is 4.09. The molecule has 0 aliphatic rings. The highest BCUT2D eigenvalue weighted by Crippen LogP contribution is 2.22. The molecule has 2 aromatic heterocycles. The number of thiophene rings is 1. The van der Waals surface area contributed by atoms with Crippen LogP contribution in [0.5, 0.6) is 0 Å². The van der Waals surface area contributed by atoms with E-state index in [0.29, 0.717) is 19.5 Å². The van der Waals surface area contributed by atoms with Crippen LogP contribution in [0.4, 0.5) is 5.82 Å². The summed E-state index contributed by atoms with van der Waals surface area (Å²) < 4.78 is 29.3. The topological polar surface area (TPSA) is 90.0 Å². The zero-order valence-electron chi connectivity index (χ0n) is 10.8. The van der Waals surface area contributed by atoms with Crippen molar-refractivity contribution in [2.75, 3.05) is 12.3 Å². The van der Waals surface area contributed by atoms with E-state index in [4.69, 9.17) is 5.73 Å². The maximum absolute atomic E-state index is 12.1. The molecule has 0 saturated heterocycles. The zero-order valence-corrected chi connectivity index (χ0v) is 14.1. The Bertz CT molecular complexity index is 693. The van der Waals surface area contributed by atoms with Gasteiger partial charge in [0.05, 0.1) is 3.79 Å². The molecule has 0 aliphatic carbocycles. The minimum Gasteiger partial charge on any atom is -0.381 e. The number of nitrogens with one attached hydrogen (secondary N) is 1. The Hall–Kier alpha value is -0.900. The minimum absolute atomic E-state index is 0.0261. The van der Waals surface area contributed by atoms with Crippen molar-refractivity contribution >= 4 is 43.1 Å². The molecule has 0 fully saturated rings. The van der Waals surface area contributed by atoms with Crippen molar-refractivity contribution in [3.8, 4) is 0 Å². The number of halogens is 1. The van der Waals surface area contributed by atoms with Gasteiger partial charge in [-0.2, -0.15) is 5.10 Å². The van der Waals surface area contributed by atoms with Crippen LogP contribution < -0.4 is 10.5 Å². The first-order valence-corrected chi connectivity index (χ1v) is 9.08. The van der Waals surface area contributed by atoms with Crippen molar-refractivity contribution in [1.82, 2.24) is 14.5 Å². The molecule has 20 heavy (non-hydrogen) atoms. The van der Waals surface area contributed by atoms with Crippen molar-refractivity contribution in [2.24, 2.45) is 0 Å². The lowest BCUT2D eigenvalue weighted by molar-refractivity contribution is 0.581. The van der Waals surface area contributed by atoms with Gasteiger partial charge in [-0.25, -0.2) is 13.1 Å². The number of aryl methyl sites for hydroxylation is 1. The number of nitrogens with zero attached hydrogens (tertiary/aromatic N) is 2. The van der Waals surface area contributed by atoms with Gasteiger partial charge in [-0.1, -0.05) is 0 Å². The van der Waals surface area contributed by atoms with Gasteiger partial charge in [0.15, 0.2) is 5.82 Å². The van der Waals surface area contributed by atoms with Crippen LogP contribution in [0.25, 0.3) is 0 Å². The molecule has 9 heteroatoms. The van der Waals surface area contributed by atoms with Crippen LogP contribution in [0.1, 0.15) is 11.8 Å². The van der Waals surface area contributed by atoms with Crippen LogP contribution in [0.15, 0.2) is 27.0 Å². The van der Waals surface area contributed by atoms with Crippen molar-refractivity contribution in [2.45, 2.75) is 24.8 Å². The monoisotopic (exact) mass is 378 g/mol. The highest BCUT2D eigenvalue weighted by molar-refractivity contribution is 9.11. The molecule has 0 saturated carbocycles. The number of nitrogen functional groups attached to an aromatic ring is 1. The average Bonchev–Trinajstić information content (AvgIpc) is 2.95. The third-order valence-electron chi connectivity index (χ3n) is 2.66. The molecule has 2 aromatic rings. The Balaban J connectivity index is 2.01. The molecule has 2 rings (SSSR count). The molecular weight excluding hydrogens is 364 g/mol. The standard InChI is InChI=1S/C11H15BrN4O2S2/c1-2-16-7-9(11(13)15-16)20(17,18)14-6-5-8-3-4-10(12)19-8/h3-4,7,14H,2,5-6H2,1H3,(H2,13,15). The van der Waals surface area contributed by atoms with Gasteiger partial charge in [0.25, 0.3) is 0 Å². The summed E-state index contributed by atoms with van der Waals surface area (Å²) in [5.41, 5.74) is 5.63. The fraction of sp³-hybridized carbons (Fsp3) is 0.364. The third kappa shape index (κ3) is 3.60. The summed E-state index contributed by atoms with van der Waals surface area (Å²) in [6.07, 6.45) is 2.08. The Labute approximate surface area is 130 Å². The molecule has 0 radical (unpaired) electrons. The summed E-state index contributed by atoms with van der Waals surface area (Å²) in [5, 5.41) is 3.94. The first kappa shape index (κ1) is 15.5. The summed E-state index contributed by atoms with van der Waals surface area (Å²) in [4.78, 5) is 1.14. The minimum atomic E-state index is -3.61. The SMILES string of the molecule is CCn1cc(S(=O)(=O)NCCc2ccc(Br)s2)c(N)n1. The van der Waals surface area contributed by atoms with Gasteiger partial charge >= 0.3 is 0 Å². The molecule has 0 unspecified atom stereocenters. The van der Waals surface area contributed by atoms with Crippen LogP contribution in [0.2, 0.25) is 0 Å². The summed E-state index contributed by atoms with van der Waals surface area (Å²) in [6, 6.07) is 3.91. The van der Waals surface area contributed by atoms with Gasteiger partial charge in [-0.3, -0.25) is 4.68 Å². The van der Waals surface area contributed by atoms with Gasteiger partial charge in [-0.05, 0) is 41.4 Å². The van der Waals surface area contributed by atoms with Crippen molar-refractivity contribution in [1.29, 1.82) is 0 Å². The van der Waals surface area contributed by atoms with E-state index >= 15 is 0 Å². The van der Waals surface area contributed by atoms with Gasteiger partial charge in [-0.15, -0.1) is 11.3 Å². The second kappa shape index (κ2) is 6.25. The Morgan fingerprint density at radius 1 is 1.50 bits per heavy atom. The maximum Gasteiger partial charge on any atom is 0.245 e. The van der Waals surface area contributed by atoms with E-state index in [1.807, 2.05) is 19.1 Å². The van der Waals surface area contributed by atoms with Crippen LogP contribution in [-0.4, -0.2) is 24.7 Å². The number of sulfonamides is 1. The van der Waals surface area contributed by atoms with E-state index in [-0.39, 0.29) is 10.7 Å². The lowest BCUT2D eigenvalue weighted by Gasteiger charge is -2.04. The van der Waals surface area contributed by atoms with E-state index in [0.717, 1.165) is 8.66 Å². The van der Waals surface area contributed by atoms with Gasteiger partial charge < -0.3 is 5.73 Å². The highest BCUT2D eigenvalue weighted by atomic mass is 79.9. The molecule has 0 aliphatic heterocycles. The number of hydrogen-bond acceptors (Lipinski definition) is 5. The zero-order chi connectivity index (χ0) is 14.8. The normalized spacial score (nSPS) is 11.9. The molecule has 110 valence electrons. The van der Waals surface area contributed by atoms with Crippen molar-refractivity contribution in [3.63, 3.8) is 0 Å². The molecule has 3 N–H and O–H groups in total. The van der Waals surface area contributed by atoms with Crippen molar-refractivity contribution in [3.05, 3.63) is 27.0 Å². The maximum atomic E-state index is 12.1. The van der Waals surface area contributed by atoms with Crippen LogP contribution >= 0.6 is 27.3 Å². The molecule has 0 amide bonds. The molecule has 6 nitrogen and oxygen atoms in total. The quantitative estimate of drug-likeness (QED) is 0.801. The average molecular weight is 379 g/mol. The smallest absolute Gasteiger partial charge is 0.245 e. The number of nitrogens with two attached hydrogens (primary N) is 1. The van der Waals surface area contributed by atoms with Crippen LogP contribution in [-0.2, 0) is 23.0 Å². The Morgan fingerprint density at radius 2 is 2.25 bits per heavy atom. The Morgan fingerprint density at radius 3 is 2.80 bits per heavy atom. The largest absolute Gasteiger partial charge is 0.381 e. The van der Waals surface area contributed by atoms with E-state index in [1.54, 1.807) is 11.3 Å². The van der Waals surface area contributed by atoms with E-state index < -0.39 is 10.0 Å². The first-order valence-electron chi connectivity index (χ1n) is 5.99. The molecule has 0 spiro atoms. The van der Waals surface area contributed by atoms with Crippen LogP contribution in [0.3, 0.4) is 0 Å². The predicted molar refractivity (Wildman–Crippen MR) is 83.2 cm³/mol. The number of hydrogen-bond donors (Lipinski definition) is 2. The Kier molecular flexibility index (Phi) is 4.84. The summed E-state index contributed by atoms with van der Waals surface area (Å²) in [6.45, 7) is 2.76. The molecule has 0 bridgehead atoms. The molecule has 0 atom stereocenters. The van der Waals surface area contributed by atoms with Gasteiger partial charge in [0.1, 0.15) is 4.90 Å². The molecular formula is C11H15BrN4O2S2. The number of anilines is 1.